The second-order valence-electron chi connectivity index (χ2n) is 9.87. The number of halogens is 2. The van der Waals surface area contributed by atoms with E-state index >= 15 is 4.39 Å². The van der Waals surface area contributed by atoms with Crippen molar-refractivity contribution in [2.75, 3.05) is 6.61 Å². The maximum Gasteiger partial charge on any atom is 0.346 e. The van der Waals surface area contributed by atoms with Crippen LogP contribution in [-0.2, 0) is 0 Å². The molecule has 35 heavy (non-hydrogen) atoms. The highest BCUT2D eigenvalue weighted by Crippen LogP contribution is 2.48. The van der Waals surface area contributed by atoms with E-state index in [-0.39, 0.29) is 11.7 Å². The van der Waals surface area contributed by atoms with Gasteiger partial charge in [-0.2, -0.15) is 0 Å². The summed E-state index contributed by atoms with van der Waals surface area (Å²) in [5.74, 6) is -0.147. The maximum absolute atomic E-state index is 15.1. The van der Waals surface area contributed by atoms with E-state index in [1.54, 1.807) is 36.4 Å². The number of esters is 1. The van der Waals surface area contributed by atoms with E-state index in [1.807, 2.05) is 6.08 Å². The summed E-state index contributed by atoms with van der Waals surface area (Å²) in [6.07, 6.45) is 12.3. The minimum atomic E-state index is -1.13. The Labute approximate surface area is 206 Å². The standard InChI is InChI=1S/C30H34F2O3/c1-3-5-6-20-7-8-22-19-23(10-9-21(22)18-20)26-15-16-27(29(32)28(26)31)30(33)35-25-13-11-24(12-14-25)34-17-4-2/h3-4,11-16,20-23H,1-2,5-10,17-19H2. The Morgan fingerprint density at radius 1 is 0.886 bits per heavy atom. The quantitative estimate of drug-likeness (QED) is 0.207. The van der Waals surface area contributed by atoms with Crippen LogP contribution in [0.5, 0.6) is 11.5 Å². The molecule has 2 aromatic carbocycles. The Morgan fingerprint density at radius 2 is 1.60 bits per heavy atom. The Hall–Kier alpha value is -2.95. The third kappa shape index (κ3) is 6.01. The van der Waals surface area contributed by atoms with E-state index in [0.29, 0.717) is 29.8 Å². The number of ether oxygens (including phenoxy) is 2. The van der Waals surface area contributed by atoms with Crippen LogP contribution in [0.25, 0.3) is 0 Å². The van der Waals surface area contributed by atoms with Gasteiger partial charge < -0.3 is 9.47 Å². The van der Waals surface area contributed by atoms with Crippen molar-refractivity contribution < 1.29 is 23.0 Å². The van der Waals surface area contributed by atoms with Gasteiger partial charge in [0.15, 0.2) is 11.6 Å². The molecule has 0 N–H and O–H groups in total. The Kier molecular flexibility index (Phi) is 8.37. The molecule has 186 valence electrons. The largest absolute Gasteiger partial charge is 0.490 e. The highest BCUT2D eigenvalue weighted by Gasteiger charge is 2.37. The van der Waals surface area contributed by atoms with Gasteiger partial charge >= 0.3 is 5.97 Å². The second-order valence-corrected chi connectivity index (χ2v) is 9.87. The van der Waals surface area contributed by atoms with Crippen molar-refractivity contribution in [2.45, 2.75) is 57.3 Å². The van der Waals surface area contributed by atoms with Crippen LogP contribution in [0.15, 0.2) is 61.7 Å². The number of benzene rings is 2. The molecule has 0 amide bonds. The maximum atomic E-state index is 15.1. The summed E-state index contributed by atoms with van der Waals surface area (Å²) in [6, 6.07) is 9.29. The fourth-order valence-corrected chi connectivity index (χ4v) is 5.84. The van der Waals surface area contributed by atoms with Gasteiger partial charge in [-0.25, -0.2) is 13.6 Å². The van der Waals surface area contributed by atoms with E-state index < -0.39 is 23.2 Å². The number of allylic oxidation sites excluding steroid dienone is 1. The summed E-state index contributed by atoms with van der Waals surface area (Å²) in [4.78, 5) is 12.5. The first-order valence-corrected chi connectivity index (χ1v) is 12.6. The lowest BCUT2D eigenvalue weighted by Crippen LogP contribution is -2.30. The minimum Gasteiger partial charge on any atom is -0.490 e. The zero-order valence-electron chi connectivity index (χ0n) is 20.2. The molecule has 4 rings (SSSR count). The normalized spacial score (nSPS) is 23.7. The molecule has 0 bridgehead atoms. The summed E-state index contributed by atoms with van der Waals surface area (Å²) in [5, 5.41) is 0. The first-order chi connectivity index (χ1) is 17.0. The van der Waals surface area contributed by atoms with Crippen molar-refractivity contribution in [3.8, 4) is 11.5 Å². The van der Waals surface area contributed by atoms with Crippen LogP contribution in [0, 0.1) is 29.4 Å². The third-order valence-electron chi connectivity index (χ3n) is 7.67. The zero-order valence-corrected chi connectivity index (χ0v) is 20.2. The minimum absolute atomic E-state index is 0.0105. The molecule has 0 radical (unpaired) electrons. The molecule has 4 atom stereocenters. The zero-order chi connectivity index (χ0) is 24.8. The van der Waals surface area contributed by atoms with Gasteiger partial charge in [-0.05, 0) is 105 Å². The molecular formula is C30H34F2O3. The topological polar surface area (TPSA) is 35.5 Å². The van der Waals surface area contributed by atoms with Gasteiger partial charge in [0.1, 0.15) is 18.1 Å². The number of carbonyl (C=O) groups is 1. The molecule has 0 heterocycles. The molecule has 2 aromatic rings. The molecule has 2 aliphatic carbocycles. The molecule has 0 saturated heterocycles. The fraction of sp³-hybridized carbons (Fsp3) is 0.433. The monoisotopic (exact) mass is 480 g/mol. The van der Waals surface area contributed by atoms with Crippen molar-refractivity contribution in [2.24, 2.45) is 17.8 Å². The molecule has 0 spiro atoms. The lowest BCUT2D eigenvalue weighted by Gasteiger charge is -2.42. The molecule has 2 aliphatic rings. The number of hydrogen-bond acceptors (Lipinski definition) is 3. The predicted molar refractivity (Wildman–Crippen MR) is 134 cm³/mol. The molecule has 3 nitrogen and oxygen atoms in total. The first-order valence-electron chi connectivity index (χ1n) is 12.6. The van der Waals surface area contributed by atoms with Crippen molar-refractivity contribution in [1.82, 2.24) is 0 Å². The smallest absolute Gasteiger partial charge is 0.346 e. The van der Waals surface area contributed by atoms with E-state index in [4.69, 9.17) is 9.47 Å². The summed E-state index contributed by atoms with van der Waals surface area (Å²) in [6.45, 7) is 7.77. The first kappa shape index (κ1) is 25.2. The van der Waals surface area contributed by atoms with Crippen LogP contribution in [0.2, 0.25) is 0 Å². The average Bonchev–Trinajstić information content (AvgIpc) is 2.88. The number of hydrogen-bond donors (Lipinski definition) is 0. The molecule has 5 heteroatoms. The molecule has 0 aliphatic heterocycles. The van der Waals surface area contributed by atoms with E-state index in [9.17, 15) is 9.18 Å². The van der Waals surface area contributed by atoms with E-state index in [1.165, 1.54) is 25.3 Å². The lowest BCUT2D eigenvalue weighted by atomic mass is 9.63. The Balaban J connectivity index is 1.39. The number of rotatable bonds is 9. The van der Waals surface area contributed by atoms with Crippen molar-refractivity contribution in [1.29, 1.82) is 0 Å². The highest BCUT2D eigenvalue weighted by molar-refractivity contribution is 5.91. The van der Waals surface area contributed by atoms with E-state index in [2.05, 4.69) is 13.2 Å². The van der Waals surface area contributed by atoms with Crippen LogP contribution >= 0.6 is 0 Å². The lowest BCUT2D eigenvalue weighted by molar-refractivity contribution is 0.0728. The van der Waals surface area contributed by atoms with Crippen LogP contribution in [0.4, 0.5) is 8.78 Å². The fourth-order valence-electron chi connectivity index (χ4n) is 5.84. The third-order valence-corrected chi connectivity index (χ3v) is 7.67. The van der Waals surface area contributed by atoms with Crippen LogP contribution in [0.3, 0.4) is 0 Å². The molecule has 2 saturated carbocycles. The predicted octanol–water partition coefficient (Wildman–Crippen LogP) is 8.02. The highest BCUT2D eigenvalue weighted by atomic mass is 19.2. The van der Waals surface area contributed by atoms with Crippen LogP contribution in [0.1, 0.15) is 73.2 Å². The van der Waals surface area contributed by atoms with Gasteiger partial charge in [0.25, 0.3) is 0 Å². The molecular weight excluding hydrogens is 446 g/mol. The Bertz CT molecular complexity index is 1050. The molecule has 2 fully saturated rings. The van der Waals surface area contributed by atoms with Crippen molar-refractivity contribution in [3.63, 3.8) is 0 Å². The SMILES string of the molecule is C=CCCC1CCC2CC(c3ccc(C(=O)Oc4ccc(OCC=C)cc4)c(F)c3F)CCC2C1. The number of carbonyl (C=O) groups excluding carboxylic acids is 1. The average molecular weight is 481 g/mol. The van der Waals surface area contributed by atoms with E-state index in [0.717, 1.165) is 38.0 Å². The van der Waals surface area contributed by atoms with Gasteiger partial charge in [0.05, 0.1) is 5.56 Å². The summed E-state index contributed by atoms with van der Waals surface area (Å²) < 4.78 is 40.7. The van der Waals surface area contributed by atoms with Gasteiger partial charge in [-0.15, -0.1) is 6.58 Å². The van der Waals surface area contributed by atoms with Crippen LogP contribution in [-0.4, -0.2) is 12.6 Å². The molecule has 0 aromatic heterocycles. The number of fused-ring (bicyclic) bond motifs is 1. The van der Waals surface area contributed by atoms with Gasteiger partial charge in [-0.1, -0.05) is 31.2 Å². The van der Waals surface area contributed by atoms with Gasteiger partial charge in [0, 0.05) is 0 Å². The van der Waals surface area contributed by atoms with Gasteiger partial charge in [0.2, 0.25) is 0 Å². The summed E-state index contributed by atoms with van der Waals surface area (Å²) in [5.41, 5.74) is -0.00959. The van der Waals surface area contributed by atoms with Gasteiger partial charge in [-0.3, -0.25) is 0 Å². The molecule has 4 unspecified atom stereocenters. The summed E-state index contributed by atoms with van der Waals surface area (Å²) in [7, 11) is 0. The van der Waals surface area contributed by atoms with Crippen LogP contribution < -0.4 is 9.47 Å². The van der Waals surface area contributed by atoms with Crippen molar-refractivity contribution in [3.05, 3.63) is 84.5 Å². The second kappa shape index (κ2) is 11.7. The summed E-state index contributed by atoms with van der Waals surface area (Å²) >= 11 is 0. The van der Waals surface area contributed by atoms with Crippen molar-refractivity contribution >= 4 is 5.97 Å². The Morgan fingerprint density at radius 3 is 2.34 bits per heavy atom.